The van der Waals surface area contributed by atoms with Gasteiger partial charge in [-0.3, -0.25) is 0 Å². The predicted octanol–water partition coefficient (Wildman–Crippen LogP) is 6.83. The molecule has 162 valence electrons. The highest BCUT2D eigenvalue weighted by Gasteiger charge is 2.17. The molecule has 5 aromatic rings. The van der Waals surface area contributed by atoms with Crippen LogP contribution in [-0.2, 0) is 13.1 Å². The molecule has 2 aromatic heterocycles. The van der Waals surface area contributed by atoms with Crippen molar-refractivity contribution in [2.24, 2.45) is 0 Å². The van der Waals surface area contributed by atoms with Crippen molar-refractivity contribution in [3.8, 4) is 22.5 Å². The molecule has 0 atom stereocenters. The molecule has 33 heavy (non-hydrogen) atoms. The van der Waals surface area contributed by atoms with Crippen LogP contribution >= 0.6 is 0 Å². The number of fused-ring (bicyclic) bond motifs is 2. The van der Waals surface area contributed by atoms with Crippen molar-refractivity contribution >= 4 is 17.0 Å². The average Bonchev–Trinajstić information content (AvgIpc) is 3.44. The van der Waals surface area contributed by atoms with Crippen LogP contribution in [0, 0.1) is 13.8 Å². The molecule has 0 bridgehead atoms. The Labute approximate surface area is 193 Å². The number of rotatable bonds is 4. The minimum Gasteiger partial charge on any atom is -0.366 e. The quantitative estimate of drug-likeness (QED) is 0.328. The lowest BCUT2D eigenvalue weighted by atomic mass is 9.99. The molecule has 1 aliphatic heterocycles. The topological polar surface area (TPSA) is 47.7 Å². The summed E-state index contributed by atoms with van der Waals surface area (Å²) in [6, 6.07) is 25.9. The fourth-order valence-electron chi connectivity index (χ4n) is 4.53. The highest BCUT2D eigenvalue weighted by Crippen LogP contribution is 2.28. The summed E-state index contributed by atoms with van der Waals surface area (Å²) in [5, 5.41) is 1.25. The summed E-state index contributed by atoms with van der Waals surface area (Å²) in [6.07, 6.45) is 4.28. The molecule has 6 rings (SSSR count). The van der Waals surface area contributed by atoms with Crippen molar-refractivity contribution in [2.75, 3.05) is 0 Å². The van der Waals surface area contributed by atoms with Crippen LogP contribution in [0.15, 0.2) is 79.0 Å². The number of aryl methyl sites for hydroxylation is 2. The van der Waals surface area contributed by atoms with Gasteiger partial charge in [0.15, 0.2) is 0 Å². The van der Waals surface area contributed by atoms with Gasteiger partial charge in [-0.15, -0.1) is 0 Å². The van der Waals surface area contributed by atoms with Crippen LogP contribution in [0.5, 0.6) is 0 Å². The first-order valence-electron chi connectivity index (χ1n) is 11.4. The molecule has 0 spiro atoms. The molecule has 2 N–H and O–H groups in total. The Morgan fingerprint density at radius 2 is 1.61 bits per heavy atom. The second-order valence-electron chi connectivity index (χ2n) is 8.92. The summed E-state index contributed by atoms with van der Waals surface area (Å²) in [4.78, 5) is 14.2. The smallest absolute Gasteiger partial charge is 0.138 e. The van der Waals surface area contributed by atoms with E-state index in [0.717, 1.165) is 35.9 Å². The summed E-state index contributed by atoms with van der Waals surface area (Å²) in [7, 11) is 0. The molecule has 1 aliphatic rings. The number of benzene rings is 3. The van der Waals surface area contributed by atoms with Crippen LogP contribution in [0.2, 0.25) is 0 Å². The maximum Gasteiger partial charge on any atom is 0.138 e. The molecule has 0 saturated heterocycles. The first-order valence-corrected chi connectivity index (χ1v) is 11.4. The molecule has 4 nitrogen and oxygen atoms in total. The Bertz CT molecular complexity index is 1450. The van der Waals surface area contributed by atoms with Crippen LogP contribution in [-0.4, -0.2) is 19.9 Å². The molecule has 4 heteroatoms. The molecule has 3 aromatic carbocycles. The van der Waals surface area contributed by atoms with Gasteiger partial charge >= 0.3 is 0 Å². The van der Waals surface area contributed by atoms with Crippen LogP contribution in [0.4, 0.5) is 0 Å². The first-order chi connectivity index (χ1) is 16.1. The minimum absolute atomic E-state index is 0.790. The molecule has 0 unspecified atom stereocenters. The number of hydrogen-bond donors (Lipinski definition) is 2. The van der Waals surface area contributed by atoms with Gasteiger partial charge in [0.2, 0.25) is 0 Å². The van der Waals surface area contributed by atoms with Crippen LogP contribution in [0.3, 0.4) is 0 Å². The maximum absolute atomic E-state index is 4.93. The third kappa shape index (κ3) is 3.74. The summed E-state index contributed by atoms with van der Waals surface area (Å²) in [6.45, 7) is 5.93. The third-order valence-corrected chi connectivity index (χ3v) is 6.57. The molecule has 0 aliphatic carbocycles. The van der Waals surface area contributed by atoms with Gasteiger partial charge in [0.25, 0.3) is 0 Å². The van der Waals surface area contributed by atoms with Crippen molar-refractivity contribution in [3.63, 3.8) is 0 Å². The highest BCUT2D eigenvalue weighted by atomic mass is 15.1. The monoisotopic (exact) mass is 430 g/mol. The summed E-state index contributed by atoms with van der Waals surface area (Å²) in [5.74, 6) is 0.920. The van der Waals surface area contributed by atoms with E-state index in [1.54, 1.807) is 0 Å². The average molecular weight is 431 g/mol. The summed E-state index contributed by atoms with van der Waals surface area (Å²) >= 11 is 0. The number of nitrogens with one attached hydrogen (secondary N) is 2. The van der Waals surface area contributed by atoms with Gasteiger partial charge in [-0.2, -0.15) is 0 Å². The van der Waals surface area contributed by atoms with Gasteiger partial charge < -0.3 is 14.9 Å². The van der Waals surface area contributed by atoms with Gasteiger partial charge in [0, 0.05) is 23.0 Å². The predicted molar refractivity (Wildman–Crippen MR) is 136 cm³/mol. The number of H-pyrrole nitrogens is 2. The summed E-state index contributed by atoms with van der Waals surface area (Å²) in [5.41, 5.74) is 10.8. The van der Waals surface area contributed by atoms with Crippen molar-refractivity contribution < 1.29 is 0 Å². The maximum atomic E-state index is 4.93. The van der Waals surface area contributed by atoms with E-state index < -0.39 is 0 Å². The van der Waals surface area contributed by atoms with Crippen molar-refractivity contribution in [1.82, 2.24) is 19.9 Å². The Morgan fingerprint density at radius 3 is 2.42 bits per heavy atom. The fraction of sp³-hybridized carbons (Fsp3) is 0.138. The van der Waals surface area contributed by atoms with E-state index in [9.17, 15) is 0 Å². The van der Waals surface area contributed by atoms with E-state index in [0.29, 0.717) is 0 Å². The number of imidazole rings is 1. The number of nitrogens with zero attached hydrogens (tertiary/aromatic N) is 2. The van der Waals surface area contributed by atoms with Crippen LogP contribution < -0.4 is 0 Å². The van der Waals surface area contributed by atoms with E-state index in [1.807, 2.05) is 0 Å². The number of hydrogen-bond acceptors (Lipinski definition) is 2. The van der Waals surface area contributed by atoms with Gasteiger partial charge in [-0.05, 0) is 59.7 Å². The van der Waals surface area contributed by atoms with Crippen LogP contribution in [0.25, 0.3) is 39.5 Å². The Hall–Kier alpha value is -4.05. The van der Waals surface area contributed by atoms with Crippen LogP contribution in [0.1, 0.15) is 28.2 Å². The normalized spacial score (nSPS) is 13.0. The van der Waals surface area contributed by atoms with Gasteiger partial charge in [-0.1, -0.05) is 60.7 Å². The lowest BCUT2D eigenvalue weighted by Gasteiger charge is -2.22. The SMILES string of the molecule is Cc1ccc(-c2ccc(-c3nc4c([nH]3)C=CN(Cc3cc5ccccc5[nH]3)C4)cc2)cc1C. The fourth-order valence-corrected chi connectivity index (χ4v) is 4.53. The Kier molecular flexibility index (Phi) is 4.65. The minimum atomic E-state index is 0.790. The van der Waals surface area contributed by atoms with Crippen molar-refractivity contribution in [3.05, 3.63) is 107 Å². The second-order valence-corrected chi connectivity index (χ2v) is 8.92. The van der Waals surface area contributed by atoms with Gasteiger partial charge in [0.1, 0.15) is 5.82 Å². The Morgan fingerprint density at radius 1 is 0.818 bits per heavy atom. The van der Waals surface area contributed by atoms with Gasteiger partial charge in [0.05, 0.1) is 24.5 Å². The zero-order valence-corrected chi connectivity index (χ0v) is 18.9. The van der Waals surface area contributed by atoms with E-state index in [-0.39, 0.29) is 0 Å². The molecular formula is C29H26N4. The largest absolute Gasteiger partial charge is 0.366 e. The summed E-state index contributed by atoms with van der Waals surface area (Å²) < 4.78 is 0. The van der Waals surface area contributed by atoms with Crippen molar-refractivity contribution in [1.29, 1.82) is 0 Å². The lowest BCUT2D eigenvalue weighted by Crippen LogP contribution is -2.19. The standard InChI is InChI=1S/C29H26N4/c1-19-7-8-23(15-20(19)2)21-9-11-22(12-10-21)29-31-27-13-14-33(18-28(27)32-29)17-25-16-24-5-3-4-6-26(24)30-25/h3-16,30H,17-18H2,1-2H3,(H,31,32). The molecule has 3 heterocycles. The van der Waals surface area contributed by atoms with Crippen molar-refractivity contribution in [2.45, 2.75) is 26.9 Å². The van der Waals surface area contributed by atoms with Gasteiger partial charge in [-0.25, -0.2) is 4.98 Å². The molecule has 0 fully saturated rings. The zero-order chi connectivity index (χ0) is 22.4. The number of aromatic amines is 2. The second kappa shape index (κ2) is 7.82. The van der Waals surface area contributed by atoms with E-state index in [4.69, 9.17) is 4.98 Å². The molecule has 0 radical (unpaired) electrons. The lowest BCUT2D eigenvalue weighted by molar-refractivity contribution is 0.352. The molecule has 0 saturated carbocycles. The third-order valence-electron chi connectivity index (χ3n) is 6.57. The van der Waals surface area contributed by atoms with E-state index in [1.165, 1.54) is 38.9 Å². The molecule has 0 amide bonds. The first kappa shape index (κ1) is 19.6. The number of para-hydroxylation sites is 1. The van der Waals surface area contributed by atoms with E-state index in [2.05, 4.69) is 114 Å². The van der Waals surface area contributed by atoms with E-state index >= 15 is 0 Å². The zero-order valence-electron chi connectivity index (χ0n) is 18.9. The molecular weight excluding hydrogens is 404 g/mol. The highest BCUT2D eigenvalue weighted by molar-refractivity contribution is 5.80. The Balaban J connectivity index is 1.20. The number of aromatic nitrogens is 3.